The lowest BCUT2D eigenvalue weighted by Gasteiger charge is -2.60. The van der Waals surface area contributed by atoms with E-state index in [4.69, 9.17) is 4.74 Å². The third-order valence-corrected chi connectivity index (χ3v) is 7.05. The predicted octanol–water partition coefficient (Wildman–Crippen LogP) is 1.45. The van der Waals surface area contributed by atoms with E-state index < -0.39 is 10.0 Å². The molecular formula is C15H30N2O3S. The van der Waals surface area contributed by atoms with Crippen LogP contribution < -0.4 is 5.32 Å². The Morgan fingerprint density at radius 1 is 1.38 bits per heavy atom. The molecule has 1 N–H and O–H groups in total. The van der Waals surface area contributed by atoms with Gasteiger partial charge in [-0.1, -0.05) is 13.8 Å². The van der Waals surface area contributed by atoms with Gasteiger partial charge in [-0.25, -0.2) is 12.7 Å². The summed E-state index contributed by atoms with van der Waals surface area (Å²) in [4.78, 5) is 0. The molecule has 0 aromatic rings. The van der Waals surface area contributed by atoms with Crippen LogP contribution >= 0.6 is 0 Å². The Bertz CT molecular complexity index is 450. The highest BCUT2D eigenvalue weighted by molar-refractivity contribution is 7.89. The Morgan fingerprint density at radius 3 is 2.76 bits per heavy atom. The molecule has 2 fully saturated rings. The molecule has 0 aromatic carbocycles. The monoisotopic (exact) mass is 318 g/mol. The van der Waals surface area contributed by atoms with Crippen molar-refractivity contribution in [1.82, 2.24) is 9.62 Å². The molecule has 1 aliphatic carbocycles. The maximum atomic E-state index is 11.7. The van der Waals surface area contributed by atoms with Gasteiger partial charge in [-0.3, -0.25) is 0 Å². The normalized spacial score (nSPS) is 31.8. The fourth-order valence-electron chi connectivity index (χ4n) is 3.86. The van der Waals surface area contributed by atoms with Gasteiger partial charge in [-0.15, -0.1) is 0 Å². The highest BCUT2D eigenvalue weighted by atomic mass is 32.2. The third kappa shape index (κ3) is 3.44. The zero-order valence-electron chi connectivity index (χ0n) is 13.8. The van der Waals surface area contributed by atoms with Gasteiger partial charge >= 0.3 is 0 Å². The fourth-order valence-corrected chi connectivity index (χ4v) is 4.70. The number of nitrogens with one attached hydrogen (secondary N) is 1. The first-order valence-electron chi connectivity index (χ1n) is 8.09. The molecule has 1 aliphatic heterocycles. The van der Waals surface area contributed by atoms with E-state index in [0.717, 1.165) is 26.0 Å². The van der Waals surface area contributed by atoms with Gasteiger partial charge in [0.15, 0.2) is 0 Å². The lowest BCUT2D eigenvalue weighted by molar-refractivity contribution is -0.192. The molecule has 124 valence electrons. The van der Waals surface area contributed by atoms with Crippen molar-refractivity contribution < 1.29 is 13.2 Å². The van der Waals surface area contributed by atoms with Crippen LogP contribution in [0.5, 0.6) is 0 Å². The molecule has 2 rings (SSSR count). The Labute approximate surface area is 129 Å². The Hall–Kier alpha value is -0.170. The molecule has 2 aliphatic rings. The van der Waals surface area contributed by atoms with Crippen LogP contribution in [0.1, 0.15) is 40.0 Å². The second-order valence-corrected chi connectivity index (χ2v) is 9.29. The molecule has 0 bridgehead atoms. The van der Waals surface area contributed by atoms with Gasteiger partial charge in [0.25, 0.3) is 0 Å². The zero-order valence-corrected chi connectivity index (χ0v) is 14.6. The molecule has 0 aromatic heterocycles. The molecule has 1 saturated heterocycles. The van der Waals surface area contributed by atoms with E-state index in [2.05, 4.69) is 19.2 Å². The molecule has 0 unspecified atom stereocenters. The van der Waals surface area contributed by atoms with Crippen molar-refractivity contribution in [3.63, 3.8) is 0 Å². The van der Waals surface area contributed by atoms with Crippen LogP contribution in [0.15, 0.2) is 0 Å². The summed E-state index contributed by atoms with van der Waals surface area (Å²) in [5.41, 5.74) is 0.187. The van der Waals surface area contributed by atoms with Gasteiger partial charge in [0.05, 0.1) is 11.9 Å². The van der Waals surface area contributed by atoms with E-state index in [9.17, 15) is 8.42 Å². The molecule has 21 heavy (non-hydrogen) atoms. The van der Waals surface area contributed by atoms with Gasteiger partial charge in [-0.2, -0.15) is 0 Å². The largest absolute Gasteiger partial charge is 0.377 e. The van der Waals surface area contributed by atoms with Gasteiger partial charge in [0.2, 0.25) is 10.0 Å². The van der Waals surface area contributed by atoms with Crippen molar-refractivity contribution in [3.8, 4) is 0 Å². The van der Waals surface area contributed by atoms with Crippen LogP contribution in [0.4, 0.5) is 0 Å². The summed E-state index contributed by atoms with van der Waals surface area (Å²) in [5, 5.41) is 3.63. The molecule has 6 heteroatoms. The highest BCUT2D eigenvalue weighted by Gasteiger charge is 2.57. The van der Waals surface area contributed by atoms with Gasteiger partial charge in [-0.05, 0) is 32.7 Å². The predicted molar refractivity (Wildman–Crippen MR) is 84.7 cm³/mol. The zero-order chi connectivity index (χ0) is 15.7. The number of fused-ring (bicyclic) bond motifs is 1. The summed E-state index contributed by atoms with van der Waals surface area (Å²) >= 11 is 0. The molecule has 0 spiro atoms. The summed E-state index contributed by atoms with van der Waals surface area (Å²) in [5.74, 6) is 0.805. The quantitative estimate of drug-likeness (QED) is 0.722. The van der Waals surface area contributed by atoms with Crippen LogP contribution in [0.2, 0.25) is 0 Å². The first kappa shape index (κ1) is 17.2. The second-order valence-electron chi connectivity index (χ2n) is 6.93. The Kier molecular flexibility index (Phi) is 5.34. The summed E-state index contributed by atoms with van der Waals surface area (Å²) in [7, 11) is -1.38. The van der Waals surface area contributed by atoms with Crippen LogP contribution in [0.3, 0.4) is 0 Å². The first-order valence-corrected chi connectivity index (χ1v) is 9.70. The van der Waals surface area contributed by atoms with Crippen LogP contribution in [0, 0.1) is 11.3 Å². The van der Waals surface area contributed by atoms with Crippen LogP contribution in [-0.2, 0) is 14.8 Å². The average molecular weight is 318 g/mol. The lowest BCUT2D eigenvalue weighted by Crippen LogP contribution is -2.69. The average Bonchev–Trinajstić information content (AvgIpc) is 2.46. The minimum absolute atomic E-state index is 0.174. The highest BCUT2D eigenvalue weighted by Crippen LogP contribution is 2.51. The Balaban J connectivity index is 1.74. The van der Waals surface area contributed by atoms with E-state index in [1.807, 2.05) is 0 Å². The second kappa shape index (κ2) is 6.52. The molecule has 5 nitrogen and oxygen atoms in total. The lowest BCUT2D eigenvalue weighted by atomic mass is 9.55. The molecule has 1 saturated carbocycles. The van der Waals surface area contributed by atoms with Crippen molar-refractivity contribution in [2.45, 2.75) is 52.2 Å². The molecule has 1 heterocycles. The maximum Gasteiger partial charge on any atom is 0.213 e. The summed E-state index contributed by atoms with van der Waals surface area (Å²) in [6, 6.07) is 0.496. The number of rotatable bonds is 7. The smallest absolute Gasteiger partial charge is 0.213 e. The number of nitrogens with zero attached hydrogens (tertiary/aromatic N) is 1. The molecule has 0 radical (unpaired) electrons. The van der Waals surface area contributed by atoms with Crippen molar-refractivity contribution in [1.29, 1.82) is 0 Å². The van der Waals surface area contributed by atoms with Gasteiger partial charge in [0.1, 0.15) is 0 Å². The van der Waals surface area contributed by atoms with E-state index >= 15 is 0 Å². The molecule has 0 amide bonds. The topological polar surface area (TPSA) is 58.6 Å². The summed E-state index contributed by atoms with van der Waals surface area (Å²) in [6.07, 6.45) is 3.65. The van der Waals surface area contributed by atoms with Crippen LogP contribution in [0.25, 0.3) is 0 Å². The molecule has 3 atom stereocenters. The SMILES string of the molecule is CCS(=O)(=O)N(C)CCCN[C@@H]1[C@H]2CCCO[C@@H]2C1(C)C. The van der Waals surface area contributed by atoms with E-state index in [1.54, 1.807) is 14.0 Å². The minimum atomic E-state index is -3.05. The standard InChI is InChI=1S/C15H30N2O3S/c1-5-21(18,19)17(4)10-7-9-16-13-12-8-6-11-20-14(12)15(13,2)3/h12-14,16H,5-11H2,1-4H3/t12-,13-,14+/m1/s1. The Morgan fingerprint density at radius 2 is 2.10 bits per heavy atom. The van der Waals surface area contributed by atoms with Gasteiger partial charge in [0, 0.05) is 37.6 Å². The van der Waals surface area contributed by atoms with E-state index in [0.29, 0.717) is 24.6 Å². The summed E-state index contributed by atoms with van der Waals surface area (Å²) in [6.45, 7) is 8.57. The number of sulfonamides is 1. The number of hydrogen-bond acceptors (Lipinski definition) is 4. The summed E-state index contributed by atoms with van der Waals surface area (Å²) < 4.78 is 30.7. The molecular weight excluding hydrogens is 288 g/mol. The van der Waals surface area contributed by atoms with Crippen molar-refractivity contribution in [2.24, 2.45) is 11.3 Å². The van der Waals surface area contributed by atoms with E-state index in [1.165, 1.54) is 10.7 Å². The van der Waals surface area contributed by atoms with Crippen molar-refractivity contribution >= 4 is 10.0 Å². The van der Waals surface area contributed by atoms with E-state index in [-0.39, 0.29) is 11.2 Å². The van der Waals surface area contributed by atoms with Crippen molar-refractivity contribution in [2.75, 3.05) is 32.5 Å². The van der Waals surface area contributed by atoms with Crippen molar-refractivity contribution in [3.05, 3.63) is 0 Å². The maximum absolute atomic E-state index is 11.7. The number of hydrogen-bond donors (Lipinski definition) is 1. The third-order valence-electron chi connectivity index (χ3n) is 5.18. The first-order chi connectivity index (χ1) is 9.80. The van der Waals surface area contributed by atoms with Crippen LogP contribution in [-0.4, -0.2) is 57.4 Å². The minimum Gasteiger partial charge on any atom is -0.377 e. The fraction of sp³-hybridized carbons (Fsp3) is 1.00. The van der Waals surface area contributed by atoms with Gasteiger partial charge < -0.3 is 10.1 Å². The number of ether oxygens (including phenoxy) is 1.